The molecule has 0 bridgehead atoms. The third-order valence-electron chi connectivity index (χ3n) is 8.44. The number of esters is 1. The zero-order valence-corrected chi connectivity index (χ0v) is 33.3. The van der Waals surface area contributed by atoms with Crippen LogP contribution in [0.2, 0.25) is 0 Å². The molecule has 2 amide bonds. The van der Waals surface area contributed by atoms with Crippen molar-refractivity contribution in [2.24, 2.45) is 10.7 Å². The quantitative estimate of drug-likeness (QED) is 0.207. The van der Waals surface area contributed by atoms with Gasteiger partial charge in [-0.25, -0.2) is 19.7 Å². The number of benzene rings is 2. The summed E-state index contributed by atoms with van der Waals surface area (Å²) in [5, 5.41) is 4.23. The molecule has 5 N–H and O–H groups in total. The van der Waals surface area contributed by atoms with Crippen LogP contribution in [-0.2, 0) is 22.5 Å². The molecule has 0 aliphatic carbocycles. The summed E-state index contributed by atoms with van der Waals surface area (Å²) >= 11 is 0. The van der Waals surface area contributed by atoms with Crippen LogP contribution in [0.25, 0.3) is 10.9 Å². The van der Waals surface area contributed by atoms with Crippen LogP contribution in [0.4, 0.5) is 16.6 Å². The number of carbonyl (C=O) groups is 3. The topological polar surface area (TPSA) is 215 Å². The molecule has 56 heavy (non-hydrogen) atoms. The van der Waals surface area contributed by atoms with Crippen LogP contribution in [0.15, 0.2) is 53.8 Å². The summed E-state index contributed by atoms with van der Waals surface area (Å²) in [6.45, 7) is 14.2. The van der Waals surface area contributed by atoms with Gasteiger partial charge < -0.3 is 40.6 Å². The minimum Gasteiger partial charge on any atom is -0.491 e. The largest absolute Gasteiger partial charge is 0.491 e. The molecule has 0 atom stereocenters. The summed E-state index contributed by atoms with van der Waals surface area (Å²) in [4.78, 5) is 58.7. The van der Waals surface area contributed by atoms with E-state index in [-0.39, 0.29) is 29.5 Å². The van der Waals surface area contributed by atoms with Crippen molar-refractivity contribution in [2.45, 2.75) is 59.6 Å². The summed E-state index contributed by atoms with van der Waals surface area (Å²) in [6.07, 6.45) is 3.23. The van der Waals surface area contributed by atoms with Gasteiger partial charge in [-0.2, -0.15) is 4.99 Å². The second kappa shape index (κ2) is 20.2. The van der Waals surface area contributed by atoms with E-state index in [0.717, 1.165) is 29.7 Å². The zero-order chi connectivity index (χ0) is 40.8. The highest BCUT2D eigenvalue weighted by atomic mass is 16.6. The first-order chi connectivity index (χ1) is 27.0. The molecule has 2 aromatic carbocycles. The molecule has 17 heteroatoms. The zero-order valence-electron chi connectivity index (χ0n) is 33.3. The molecule has 17 nitrogen and oxygen atoms in total. The van der Waals surface area contributed by atoms with Gasteiger partial charge in [0.2, 0.25) is 11.6 Å². The molecule has 2 aliphatic heterocycles. The minimum absolute atomic E-state index is 0.0639. The van der Waals surface area contributed by atoms with Gasteiger partial charge in [0.25, 0.3) is 5.91 Å². The number of fused-ring (bicyclic) bond motifs is 3. The van der Waals surface area contributed by atoms with Gasteiger partial charge in [0, 0.05) is 63.6 Å². The summed E-state index contributed by atoms with van der Waals surface area (Å²) in [5.74, 6) is 1.34. The summed E-state index contributed by atoms with van der Waals surface area (Å²) in [6, 6.07) is 10.6. The van der Waals surface area contributed by atoms with Gasteiger partial charge >= 0.3 is 12.1 Å². The average molecular weight is 775 g/mol. The Hall–Kier alpha value is -5.81. The number of piperazine rings is 1. The molecule has 2 aromatic heterocycles. The Morgan fingerprint density at radius 1 is 0.946 bits per heavy atom. The molecule has 0 saturated carbocycles. The number of ether oxygens (including phenoxy) is 4. The third kappa shape index (κ3) is 11.4. The molecule has 4 aromatic rings. The monoisotopic (exact) mass is 774 g/mol. The standard InChI is InChI=1S/C36H43N9O7.C2H6.CH5N/c1-36(2,3)52-28(46)20-23-6-8-25(9-7-23)51-35(48)44-16-14-43(15-17-44)18-19-50-27-11-10-26-29(30(27)49-4)41-34(45-13-5-12-38-31(26)45)42-32(47)24-21-39-33(37)40-22-24;2*1-2/h6-11,21-22,38H,5,12-20H2,1-4H3,(H2,37,39,40);1-2H3;2H2,1H3. The normalized spacial score (nSPS) is 14.2. The van der Waals surface area contributed by atoms with Crippen molar-refractivity contribution in [3.8, 4) is 17.2 Å². The van der Waals surface area contributed by atoms with E-state index in [1.165, 1.54) is 19.4 Å². The number of anilines is 2. The Labute approximate surface area is 327 Å². The van der Waals surface area contributed by atoms with Crippen molar-refractivity contribution in [3.05, 3.63) is 65.5 Å². The molecule has 0 spiro atoms. The van der Waals surface area contributed by atoms with Crippen molar-refractivity contribution in [2.75, 3.05) is 71.1 Å². The number of aromatic nitrogens is 4. The molecule has 2 aliphatic rings. The van der Waals surface area contributed by atoms with Gasteiger partial charge in [-0.1, -0.05) is 26.0 Å². The van der Waals surface area contributed by atoms with E-state index < -0.39 is 17.6 Å². The van der Waals surface area contributed by atoms with E-state index >= 15 is 0 Å². The highest BCUT2D eigenvalue weighted by Crippen LogP contribution is 2.37. The molecular formula is C39H54N10O7. The number of methoxy groups -OCH3 is 1. The SMILES string of the molecule is CC.CN.COc1c(OCCN2CCN(C(=O)Oc3ccc(CC(=O)OC(C)(C)C)cc3)CC2)ccc2c3n(c(=NC(=O)c4cnc(N)nc4)nc12)CCCN3. The van der Waals surface area contributed by atoms with Gasteiger partial charge in [-0.3, -0.25) is 19.1 Å². The number of nitrogens with zero attached hydrogens (tertiary/aromatic N) is 7. The maximum atomic E-state index is 13.0. The molecular weight excluding hydrogens is 720 g/mol. The Morgan fingerprint density at radius 2 is 1.62 bits per heavy atom. The van der Waals surface area contributed by atoms with E-state index in [0.29, 0.717) is 68.6 Å². The van der Waals surface area contributed by atoms with Crippen LogP contribution >= 0.6 is 0 Å². The molecule has 0 radical (unpaired) electrons. The lowest BCUT2D eigenvalue weighted by molar-refractivity contribution is -0.153. The Bertz CT molecular complexity index is 2000. The van der Waals surface area contributed by atoms with Crippen LogP contribution < -0.4 is 36.6 Å². The van der Waals surface area contributed by atoms with Gasteiger partial charge in [-0.05, 0) is 64.1 Å². The third-order valence-corrected chi connectivity index (χ3v) is 8.44. The van der Waals surface area contributed by atoms with Crippen LogP contribution in [0, 0.1) is 0 Å². The van der Waals surface area contributed by atoms with Gasteiger partial charge in [0.1, 0.15) is 29.3 Å². The first kappa shape index (κ1) is 42.9. The first-order valence-electron chi connectivity index (χ1n) is 18.7. The lowest BCUT2D eigenvalue weighted by Gasteiger charge is -2.33. The average Bonchev–Trinajstić information content (AvgIpc) is 3.20. The van der Waals surface area contributed by atoms with Crippen molar-refractivity contribution in [3.63, 3.8) is 0 Å². The fourth-order valence-electron chi connectivity index (χ4n) is 5.93. The smallest absolute Gasteiger partial charge is 0.415 e. The second-order valence-electron chi connectivity index (χ2n) is 13.4. The Kier molecular flexibility index (Phi) is 15.5. The van der Waals surface area contributed by atoms with Crippen LogP contribution in [0.1, 0.15) is 57.0 Å². The van der Waals surface area contributed by atoms with Crippen LogP contribution in [0.5, 0.6) is 17.2 Å². The number of nitrogens with two attached hydrogens (primary N) is 2. The van der Waals surface area contributed by atoms with E-state index in [4.69, 9.17) is 29.7 Å². The number of nitrogen functional groups attached to an aromatic ring is 1. The molecule has 302 valence electrons. The number of hydrogen-bond donors (Lipinski definition) is 3. The molecule has 4 heterocycles. The minimum atomic E-state index is -0.549. The fourth-order valence-corrected chi connectivity index (χ4v) is 5.93. The molecule has 1 fully saturated rings. The molecule has 6 rings (SSSR count). The molecule has 1 saturated heterocycles. The van der Waals surface area contributed by atoms with E-state index in [1.807, 2.05) is 51.3 Å². The number of hydrogen-bond acceptors (Lipinski definition) is 14. The van der Waals surface area contributed by atoms with E-state index in [9.17, 15) is 14.4 Å². The number of nitrogens with one attached hydrogen (secondary N) is 1. The highest BCUT2D eigenvalue weighted by molar-refractivity contribution is 5.96. The summed E-state index contributed by atoms with van der Waals surface area (Å²) in [7, 11) is 3.05. The number of rotatable bonds is 9. The van der Waals surface area contributed by atoms with Crippen molar-refractivity contribution < 1.29 is 33.3 Å². The predicted molar refractivity (Wildman–Crippen MR) is 213 cm³/mol. The Balaban J connectivity index is 0.00000169. The lowest BCUT2D eigenvalue weighted by Crippen LogP contribution is -2.50. The number of carbonyl (C=O) groups excluding carboxylic acids is 3. The number of amides is 2. The predicted octanol–water partition coefficient (Wildman–Crippen LogP) is 3.65. The summed E-state index contributed by atoms with van der Waals surface area (Å²) < 4.78 is 24.8. The van der Waals surface area contributed by atoms with Crippen LogP contribution in [-0.4, -0.2) is 113 Å². The fraction of sp³-hybridized carbons (Fsp3) is 0.462. The van der Waals surface area contributed by atoms with Crippen LogP contribution in [0.3, 0.4) is 0 Å². The van der Waals surface area contributed by atoms with E-state index in [1.54, 1.807) is 36.3 Å². The second-order valence-corrected chi connectivity index (χ2v) is 13.4. The van der Waals surface area contributed by atoms with Gasteiger partial charge in [0.15, 0.2) is 11.5 Å². The van der Waals surface area contributed by atoms with Crippen molar-refractivity contribution >= 4 is 40.6 Å². The first-order valence-corrected chi connectivity index (χ1v) is 18.7. The van der Waals surface area contributed by atoms with E-state index in [2.05, 4.69) is 30.9 Å². The van der Waals surface area contributed by atoms with Gasteiger partial charge in [0.05, 0.1) is 19.1 Å². The molecule has 0 unspecified atom stereocenters. The highest BCUT2D eigenvalue weighted by Gasteiger charge is 2.24. The summed E-state index contributed by atoms with van der Waals surface area (Å²) in [5.41, 5.74) is 11.2. The van der Waals surface area contributed by atoms with Crippen molar-refractivity contribution in [1.29, 1.82) is 0 Å². The Morgan fingerprint density at radius 3 is 2.27 bits per heavy atom. The van der Waals surface area contributed by atoms with Crippen molar-refractivity contribution in [1.82, 2.24) is 29.3 Å². The lowest BCUT2D eigenvalue weighted by atomic mass is 10.1. The maximum absolute atomic E-state index is 13.0. The maximum Gasteiger partial charge on any atom is 0.415 e. The van der Waals surface area contributed by atoms with Gasteiger partial charge in [-0.15, -0.1) is 0 Å².